The van der Waals surface area contributed by atoms with E-state index in [0.717, 1.165) is 0 Å². The van der Waals surface area contributed by atoms with Crippen molar-refractivity contribution in [3.63, 3.8) is 0 Å². The zero-order valence-corrected chi connectivity index (χ0v) is 11.6. The van der Waals surface area contributed by atoms with Crippen molar-refractivity contribution in [2.75, 3.05) is 18.4 Å². The van der Waals surface area contributed by atoms with Gasteiger partial charge in [0.25, 0.3) is 5.56 Å². The van der Waals surface area contributed by atoms with Crippen molar-refractivity contribution >= 4 is 22.8 Å². The van der Waals surface area contributed by atoms with E-state index in [2.05, 4.69) is 20.6 Å². The summed E-state index contributed by atoms with van der Waals surface area (Å²) in [5.41, 5.74) is 0.467. The summed E-state index contributed by atoms with van der Waals surface area (Å²) < 4.78 is 0. The van der Waals surface area contributed by atoms with Crippen molar-refractivity contribution in [1.82, 2.24) is 15.3 Å². The fourth-order valence-corrected chi connectivity index (χ4v) is 1.74. The lowest BCUT2D eigenvalue weighted by atomic mass is 10.2. The molecule has 1 amide bonds. The number of benzene rings is 1. The van der Waals surface area contributed by atoms with Gasteiger partial charge in [-0.25, -0.2) is 4.98 Å². The smallest absolute Gasteiger partial charge is 0.260 e. The van der Waals surface area contributed by atoms with E-state index in [1.807, 2.05) is 19.9 Å². The second-order valence-corrected chi connectivity index (χ2v) is 4.80. The van der Waals surface area contributed by atoms with E-state index in [0.29, 0.717) is 29.9 Å². The molecule has 0 spiro atoms. The van der Waals surface area contributed by atoms with Gasteiger partial charge in [0, 0.05) is 19.0 Å². The third-order valence-corrected chi connectivity index (χ3v) is 2.85. The van der Waals surface area contributed by atoms with E-state index in [-0.39, 0.29) is 17.4 Å². The van der Waals surface area contributed by atoms with Crippen LogP contribution in [0.25, 0.3) is 10.9 Å². The highest BCUT2D eigenvalue weighted by atomic mass is 16.1. The first kappa shape index (κ1) is 14.0. The molecule has 0 radical (unpaired) electrons. The van der Waals surface area contributed by atoms with Crippen LogP contribution in [0.3, 0.4) is 0 Å². The number of amides is 1. The molecule has 106 valence electrons. The summed E-state index contributed by atoms with van der Waals surface area (Å²) in [5, 5.41) is 6.33. The monoisotopic (exact) mass is 274 g/mol. The minimum atomic E-state index is -0.177. The molecule has 1 heterocycles. The van der Waals surface area contributed by atoms with Gasteiger partial charge in [-0.3, -0.25) is 14.6 Å². The Labute approximate surface area is 116 Å². The first-order chi connectivity index (χ1) is 9.58. The van der Waals surface area contributed by atoms with Crippen LogP contribution >= 0.6 is 0 Å². The Hall–Kier alpha value is -2.37. The molecule has 0 saturated heterocycles. The number of fused-ring (bicyclic) bond motifs is 1. The van der Waals surface area contributed by atoms with Crippen molar-refractivity contribution in [2.45, 2.75) is 13.8 Å². The SMILES string of the molecule is CC(C)C(=O)NCCNc1nc2ccccc2c(=O)[nH]1. The molecule has 1 aromatic heterocycles. The number of anilines is 1. The minimum absolute atomic E-state index is 0.00626. The van der Waals surface area contributed by atoms with Gasteiger partial charge < -0.3 is 10.6 Å². The Morgan fingerprint density at radius 3 is 2.80 bits per heavy atom. The third-order valence-electron chi connectivity index (χ3n) is 2.85. The number of carbonyl (C=O) groups excluding carboxylic acids is 1. The first-order valence-electron chi connectivity index (χ1n) is 6.58. The number of H-pyrrole nitrogens is 1. The summed E-state index contributed by atoms with van der Waals surface area (Å²) in [4.78, 5) is 30.2. The number of rotatable bonds is 5. The van der Waals surface area contributed by atoms with Gasteiger partial charge in [-0.05, 0) is 12.1 Å². The highest BCUT2D eigenvalue weighted by Gasteiger charge is 2.05. The second-order valence-electron chi connectivity index (χ2n) is 4.80. The number of hydrogen-bond acceptors (Lipinski definition) is 4. The predicted octanol–water partition coefficient (Wildman–Crippen LogP) is 1.11. The maximum atomic E-state index is 11.8. The molecular weight excluding hydrogens is 256 g/mol. The molecule has 6 heteroatoms. The van der Waals surface area contributed by atoms with Crippen LogP contribution in [0, 0.1) is 5.92 Å². The van der Waals surface area contributed by atoms with Crippen LogP contribution < -0.4 is 16.2 Å². The number of nitrogens with one attached hydrogen (secondary N) is 3. The van der Waals surface area contributed by atoms with Gasteiger partial charge in [-0.1, -0.05) is 26.0 Å². The predicted molar refractivity (Wildman–Crippen MR) is 78.7 cm³/mol. The zero-order valence-electron chi connectivity index (χ0n) is 11.6. The molecule has 0 atom stereocenters. The molecule has 2 rings (SSSR count). The topological polar surface area (TPSA) is 86.9 Å². The van der Waals surface area contributed by atoms with E-state index >= 15 is 0 Å². The maximum Gasteiger partial charge on any atom is 0.260 e. The highest BCUT2D eigenvalue weighted by molar-refractivity contribution is 5.78. The molecule has 20 heavy (non-hydrogen) atoms. The first-order valence-corrected chi connectivity index (χ1v) is 6.58. The van der Waals surface area contributed by atoms with Crippen LogP contribution in [0.2, 0.25) is 0 Å². The standard InChI is InChI=1S/C14H18N4O2/c1-9(2)12(19)15-7-8-16-14-17-11-6-4-3-5-10(11)13(20)18-14/h3-6,9H,7-8H2,1-2H3,(H,15,19)(H2,16,17,18,20). The molecule has 0 unspecified atom stereocenters. The Balaban J connectivity index is 1.97. The molecule has 0 aliphatic rings. The Bertz CT molecular complexity index is 664. The molecule has 0 fully saturated rings. The Kier molecular flexibility index (Phi) is 4.34. The molecule has 0 aliphatic carbocycles. The number of carbonyl (C=O) groups is 1. The maximum absolute atomic E-state index is 11.8. The van der Waals surface area contributed by atoms with E-state index in [9.17, 15) is 9.59 Å². The summed E-state index contributed by atoms with van der Waals surface area (Å²) in [7, 11) is 0. The van der Waals surface area contributed by atoms with E-state index in [1.165, 1.54) is 0 Å². The second kappa shape index (κ2) is 6.18. The van der Waals surface area contributed by atoms with Crippen LogP contribution in [0.5, 0.6) is 0 Å². The minimum Gasteiger partial charge on any atom is -0.354 e. The van der Waals surface area contributed by atoms with Crippen LogP contribution in [0.15, 0.2) is 29.1 Å². The molecule has 1 aromatic carbocycles. The van der Waals surface area contributed by atoms with Gasteiger partial charge in [-0.15, -0.1) is 0 Å². The fourth-order valence-electron chi connectivity index (χ4n) is 1.74. The van der Waals surface area contributed by atoms with Gasteiger partial charge in [0.15, 0.2) is 0 Å². The number of aromatic nitrogens is 2. The Morgan fingerprint density at radius 2 is 2.05 bits per heavy atom. The van der Waals surface area contributed by atoms with Crippen molar-refractivity contribution in [2.24, 2.45) is 5.92 Å². The Morgan fingerprint density at radius 1 is 1.30 bits per heavy atom. The summed E-state index contributed by atoms with van der Waals surface area (Å²) in [6.45, 7) is 4.66. The van der Waals surface area contributed by atoms with Crippen LogP contribution in [0.1, 0.15) is 13.8 Å². The molecule has 3 N–H and O–H groups in total. The number of aromatic amines is 1. The summed E-state index contributed by atoms with van der Waals surface area (Å²) in [5.74, 6) is 0.382. The number of para-hydroxylation sites is 1. The molecule has 0 aliphatic heterocycles. The van der Waals surface area contributed by atoms with Crippen LogP contribution in [0.4, 0.5) is 5.95 Å². The molecular formula is C14H18N4O2. The van der Waals surface area contributed by atoms with Gasteiger partial charge in [0.05, 0.1) is 10.9 Å². The molecule has 6 nitrogen and oxygen atoms in total. The van der Waals surface area contributed by atoms with Crippen molar-refractivity contribution in [3.8, 4) is 0 Å². The lowest BCUT2D eigenvalue weighted by Crippen LogP contribution is -2.32. The van der Waals surface area contributed by atoms with Gasteiger partial charge in [-0.2, -0.15) is 0 Å². The zero-order chi connectivity index (χ0) is 14.5. The summed E-state index contributed by atoms with van der Waals surface area (Å²) in [6, 6.07) is 7.15. The molecule has 0 bridgehead atoms. The van der Waals surface area contributed by atoms with E-state index < -0.39 is 0 Å². The van der Waals surface area contributed by atoms with Crippen LogP contribution in [-0.2, 0) is 4.79 Å². The molecule has 2 aromatic rings. The van der Waals surface area contributed by atoms with E-state index in [4.69, 9.17) is 0 Å². The van der Waals surface area contributed by atoms with Crippen molar-refractivity contribution in [3.05, 3.63) is 34.6 Å². The molecule has 0 saturated carbocycles. The van der Waals surface area contributed by atoms with Crippen molar-refractivity contribution < 1.29 is 4.79 Å². The van der Waals surface area contributed by atoms with Gasteiger partial charge in [0.2, 0.25) is 11.9 Å². The van der Waals surface area contributed by atoms with Gasteiger partial charge in [0.1, 0.15) is 0 Å². The summed E-state index contributed by atoms with van der Waals surface area (Å²) >= 11 is 0. The highest BCUT2D eigenvalue weighted by Crippen LogP contribution is 2.07. The summed E-state index contributed by atoms with van der Waals surface area (Å²) in [6.07, 6.45) is 0. The van der Waals surface area contributed by atoms with E-state index in [1.54, 1.807) is 18.2 Å². The van der Waals surface area contributed by atoms with Gasteiger partial charge >= 0.3 is 0 Å². The number of hydrogen-bond donors (Lipinski definition) is 3. The van der Waals surface area contributed by atoms with Crippen LogP contribution in [-0.4, -0.2) is 29.0 Å². The average Bonchev–Trinajstić information content (AvgIpc) is 2.43. The average molecular weight is 274 g/mol. The largest absolute Gasteiger partial charge is 0.354 e. The normalized spacial score (nSPS) is 10.8. The number of nitrogens with zero attached hydrogens (tertiary/aromatic N) is 1. The quantitative estimate of drug-likeness (QED) is 0.713. The van der Waals surface area contributed by atoms with Crippen molar-refractivity contribution in [1.29, 1.82) is 0 Å². The lowest BCUT2D eigenvalue weighted by molar-refractivity contribution is -0.123. The fraction of sp³-hybridized carbons (Fsp3) is 0.357. The lowest BCUT2D eigenvalue weighted by Gasteiger charge is -2.09. The third kappa shape index (κ3) is 3.34.